The number of nitriles is 1. The maximum absolute atomic E-state index is 13.5. The zero-order valence-electron chi connectivity index (χ0n) is 52.6. The van der Waals surface area contributed by atoms with Gasteiger partial charge in [-0.05, 0) is 111 Å². The average Bonchev–Trinajstić information content (AvgIpc) is 1.76. The van der Waals surface area contributed by atoms with Crippen LogP contribution in [0.5, 0.6) is 23.0 Å². The molecule has 0 amide bonds. The summed E-state index contributed by atoms with van der Waals surface area (Å²) >= 11 is 2.30. The van der Waals surface area contributed by atoms with Crippen molar-refractivity contribution in [1.29, 1.82) is 5.26 Å². The molecule has 1 aliphatic heterocycles. The van der Waals surface area contributed by atoms with Crippen molar-refractivity contribution >= 4 is 83.2 Å². The zero-order chi connectivity index (χ0) is 67.3. The zero-order valence-corrected chi connectivity index (χ0v) is 54.2. The second kappa shape index (κ2) is 42.3. The number of carbonyl (C=O) groups is 10. The van der Waals surface area contributed by atoms with E-state index in [4.69, 9.17) is 49.2 Å². The molecule has 0 aromatic heterocycles. The number of esters is 10. The van der Waals surface area contributed by atoms with Crippen LogP contribution >= 0.6 is 23.5 Å². The molecule has 0 bridgehead atoms. The molecule has 0 unspecified atom stereocenters. The second-order valence-corrected chi connectivity index (χ2v) is 22.3. The monoisotopic (exact) mass is 1300 g/mol. The molecule has 91 heavy (non-hydrogen) atoms. The molecule has 2 fully saturated rings. The molecular formula is C67H80N2O20S2. The Kier molecular flexibility index (Phi) is 35.6. The van der Waals surface area contributed by atoms with Gasteiger partial charge in [0.2, 0.25) is 0 Å². The van der Waals surface area contributed by atoms with Crippen LogP contribution in [0, 0.1) is 48.5 Å². The van der Waals surface area contributed by atoms with Crippen LogP contribution in [0.25, 0.3) is 4.85 Å². The maximum Gasteiger partial charge on any atom is 0.330 e. The van der Waals surface area contributed by atoms with Crippen molar-refractivity contribution in [3.63, 3.8) is 0 Å². The van der Waals surface area contributed by atoms with E-state index < -0.39 is 65.6 Å². The largest absolute Gasteiger partial charge is 0.465 e. The predicted molar refractivity (Wildman–Crippen MR) is 335 cm³/mol. The molecule has 22 nitrogen and oxygen atoms in total. The molecule has 490 valence electrons. The molecule has 0 radical (unpaired) electrons. The Bertz CT molecular complexity index is 3090. The Morgan fingerprint density at radius 2 is 0.923 bits per heavy atom. The average molecular weight is 1300 g/mol. The lowest BCUT2D eigenvalue weighted by Gasteiger charge is -2.26. The molecule has 0 spiro atoms. The SMILES string of the molecule is C=CC(=O)OCCOC(=O)CCC(=O)OCCc1ccc(OC(C)=O)cc1.CC.CC.[C-]#[N+]/C(C#N)=C1\Sc2c(OC(=O)C3CCC(C(=O)Oc4ccc(CCOC(=O)CCC(=O)OCCOC(=O)C=C)cc4)CC3)cc(C)c(OC(=O)C3CCC(C)CC3)c2S1. The van der Waals surface area contributed by atoms with Crippen molar-refractivity contribution in [2.45, 2.75) is 148 Å². The van der Waals surface area contributed by atoms with Crippen molar-refractivity contribution in [3.8, 4) is 29.1 Å². The normalized spacial score (nSPS) is 16.4. The van der Waals surface area contributed by atoms with Gasteiger partial charge in [0.05, 0.1) is 83.3 Å². The number of rotatable bonds is 27. The molecule has 0 saturated heterocycles. The van der Waals surface area contributed by atoms with E-state index in [2.05, 4.69) is 29.7 Å². The summed E-state index contributed by atoms with van der Waals surface area (Å²) in [5, 5.41) is 9.58. The van der Waals surface area contributed by atoms with E-state index in [1.807, 2.05) is 33.8 Å². The fraction of sp³-hybridized carbons (Fsp3) is 0.463. The fourth-order valence-corrected chi connectivity index (χ4v) is 11.3. The van der Waals surface area contributed by atoms with Gasteiger partial charge in [0, 0.05) is 31.9 Å². The first-order valence-electron chi connectivity index (χ1n) is 30.1. The Balaban J connectivity index is 0.000000583. The van der Waals surface area contributed by atoms with Crippen LogP contribution in [-0.4, -0.2) is 99.3 Å². The number of aryl methyl sites for hydroxylation is 1. The predicted octanol–water partition coefficient (Wildman–Crippen LogP) is 11.8. The lowest BCUT2D eigenvalue weighted by molar-refractivity contribution is -0.152. The number of allylic oxidation sites excluding steroid dienone is 1. The summed E-state index contributed by atoms with van der Waals surface area (Å²) < 4.78 is 52.2. The van der Waals surface area contributed by atoms with E-state index >= 15 is 0 Å². The molecule has 24 heteroatoms. The van der Waals surface area contributed by atoms with Gasteiger partial charge < -0.3 is 47.4 Å². The Labute approximate surface area is 539 Å². The Morgan fingerprint density at radius 1 is 0.549 bits per heavy atom. The molecule has 1 heterocycles. The number of fused-ring (bicyclic) bond motifs is 1. The van der Waals surface area contributed by atoms with Crippen LogP contribution in [0.4, 0.5) is 0 Å². The summed E-state index contributed by atoms with van der Waals surface area (Å²) in [6, 6.07) is 17.2. The molecule has 3 aromatic carbocycles. The highest BCUT2D eigenvalue weighted by atomic mass is 32.2. The first kappa shape index (κ1) is 76.5. The molecule has 3 aliphatic rings. The molecule has 0 atom stereocenters. The van der Waals surface area contributed by atoms with Gasteiger partial charge in [0.1, 0.15) is 49.4 Å². The van der Waals surface area contributed by atoms with Crippen molar-refractivity contribution in [1.82, 2.24) is 0 Å². The molecule has 6 rings (SSSR count). The van der Waals surface area contributed by atoms with Gasteiger partial charge in [-0.15, -0.1) is 0 Å². The summed E-state index contributed by atoms with van der Waals surface area (Å²) in [6.07, 6.45) is 7.41. The van der Waals surface area contributed by atoms with Gasteiger partial charge in [-0.3, -0.25) is 38.4 Å². The lowest BCUT2D eigenvalue weighted by atomic mass is 9.82. The van der Waals surface area contributed by atoms with Gasteiger partial charge in [0.25, 0.3) is 5.70 Å². The first-order chi connectivity index (χ1) is 43.8. The van der Waals surface area contributed by atoms with Crippen molar-refractivity contribution in [2.75, 3.05) is 39.6 Å². The highest BCUT2D eigenvalue weighted by Crippen LogP contribution is 2.60. The number of hydrogen-bond acceptors (Lipinski definition) is 23. The molecular weight excluding hydrogens is 1220 g/mol. The number of benzene rings is 3. The van der Waals surface area contributed by atoms with Gasteiger partial charge >= 0.3 is 59.7 Å². The van der Waals surface area contributed by atoms with Crippen LogP contribution in [0.15, 0.2) is 99.6 Å². The van der Waals surface area contributed by atoms with E-state index in [1.54, 1.807) is 61.5 Å². The highest BCUT2D eigenvalue weighted by molar-refractivity contribution is 8.24. The van der Waals surface area contributed by atoms with Crippen LogP contribution in [0.2, 0.25) is 0 Å². The first-order valence-corrected chi connectivity index (χ1v) is 31.7. The topological polar surface area (TPSA) is 291 Å². The van der Waals surface area contributed by atoms with Crippen LogP contribution in [0.3, 0.4) is 0 Å². The lowest BCUT2D eigenvalue weighted by Crippen LogP contribution is -2.30. The van der Waals surface area contributed by atoms with E-state index in [9.17, 15) is 53.2 Å². The summed E-state index contributed by atoms with van der Waals surface area (Å²) in [7, 11) is 0. The maximum atomic E-state index is 13.5. The highest BCUT2D eigenvalue weighted by Gasteiger charge is 2.36. The van der Waals surface area contributed by atoms with E-state index in [0.717, 1.165) is 72.5 Å². The standard InChI is InChI=1S/C44H46N2O12S2.C19H22O8.2C2H6/c1-5-35(47)54-22-23-55-37(49)19-18-36(48)53-21-20-28-8-16-32(17-9-28)56-41(50)30-12-14-31(15-13-30)42(51)57-34-24-27(3)38(58-43(52)29-10-6-26(2)7-11-29)40-39(34)59-44(60-40)33(25-45)46-4;1-3-17(21)25-12-13-26-19(23)9-8-18(22)24-11-10-15-4-6-16(7-5-15)27-14(2)20;2*1-2/h5,8-9,16-17,24,26,29-31H,1,6-7,10-15,18-23H2,2-3H3;3-7H,1,8-13H2,2H3;2*1-2H3/b44-33+;;;. The van der Waals surface area contributed by atoms with Crippen molar-refractivity contribution < 1.29 is 95.3 Å². The van der Waals surface area contributed by atoms with Gasteiger partial charge in [-0.25, -0.2) is 19.7 Å². The number of hydrogen-bond donors (Lipinski definition) is 0. The van der Waals surface area contributed by atoms with Crippen molar-refractivity contribution in [3.05, 3.63) is 118 Å². The van der Waals surface area contributed by atoms with Crippen LogP contribution < -0.4 is 18.9 Å². The summed E-state index contributed by atoms with van der Waals surface area (Å²) in [4.78, 5) is 124. The number of thioether (sulfide) groups is 2. The quantitative estimate of drug-likeness (QED) is 0.0130. The minimum atomic E-state index is -0.628. The van der Waals surface area contributed by atoms with Gasteiger partial charge in [0.15, 0.2) is 0 Å². The third-order valence-corrected chi connectivity index (χ3v) is 16.1. The minimum absolute atomic E-state index is 0.0721. The number of carbonyl (C=O) groups excluding carboxylic acids is 10. The molecule has 2 aliphatic carbocycles. The third kappa shape index (κ3) is 27.9. The van der Waals surface area contributed by atoms with Gasteiger partial charge in [-0.2, -0.15) is 0 Å². The molecule has 2 saturated carbocycles. The van der Waals surface area contributed by atoms with Crippen LogP contribution in [-0.2, 0) is 89.2 Å². The summed E-state index contributed by atoms with van der Waals surface area (Å²) in [6.45, 7) is 27.1. The smallest absolute Gasteiger partial charge is 0.330 e. The third-order valence-electron chi connectivity index (χ3n) is 13.5. The Hall–Kier alpha value is -8.74. The second-order valence-electron chi connectivity index (χ2n) is 20.0. The van der Waals surface area contributed by atoms with Crippen LogP contribution in [0.1, 0.15) is 135 Å². The molecule has 3 aromatic rings. The van der Waals surface area contributed by atoms with E-state index in [-0.39, 0.29) is 88.7 Å². The van der Waals surface area contributed by atoms with Gasteiger partial charge in [-0.1, -0.05) is 95.6 Å². The Morgan fingerprint density at radius 3 is 1.33 bits per heavy atom. The summed E-state index contributed by atoms with van der Waals surface area (Å²) in [5.74, 6) is -4.18. The number of nitrogens with zero attached hydrogens (tertiary/aromatic N) is 2. The van der Waals surface area contributed by atoms with Crippen molar-refractivity contribution in [2.24, 2.45) is 23.7 Å². The molecule has 0 N–H and O–H groups in total. The summed E-state index contributed by atoms with van der Waals surface area (Å²) in [5.41, 5.74) is 2.23. The van der Waals surface area contributed by atoms with E-state index in [1.165, 1.54) is 6.92 Å². The minimum Gasteiger partial charge on any atom is -0.465 e. The van der Waals surface area contributed by atoms with E-state index in [0.29, 0.717) is 81.3 Å². The number of ether oxygens (including phenoxy) is 10. The fourth-order valence-electron chi connectivity index (χ4n) is 8.76.